The van der Waals surface area contributed by atoms with E-state index in [2.05, 4.69) is 4.98 Å². The average Bonchev–Trinajstić information content (AvgIpc) is 3.17. The maximum absolute atomic E-state index is 5.96. The highest BCUT2D eigenvalue weighted by Gasteiger charge is 2.12. The topological polar surface area (TPSA) is 39.2 Å². The fourth-order valence-corrected chi connectivity index (χ4v) is 2.99. The lowest BCUT2D eigenvalue weighted by Gasteiger charge is -1.89. The number of rotatable bonds is 2. The van der Waals surface area contributed by atoms with Gasteiger partial charge in [0.05, 0.1) is 6.26 Å². The number of benzene rings is 1. The van der Waals surface area contributed by atoms with Gasteiger partial charge in [0.1, 0.15) is 22.5 Å². The number of hydrogen-bond acceptors (Lipinski definition) is 4. The molecule has 98 valence electrons. The van der Waals surface area contributed by atoms with Crippen molar-refractivity contribution in [1.29, 1.82) is 0 Å². The second kappa shape index (κ2) is 4.51. The number of thiazole rings is 1. The van der Waals surface area contributed by atoms with Crippen LogP contribution in [-0.4, -0.2) is 4.98 Å². The average molecular weight is 302 g/mol. The Bertz CT molecular complexity index is 876. The van der Waals surface area contributed by atoms with Crippen LogP contribution in [0.5, 0.6) is 0 Å². The van der Waals surface area contributed by atoms with E-state index in [1.165, 1.54) is 0 Å². The van der Waals surface area contributed by atoms with E-state index >= 15 is 0 Å². The molecule has 4 rings (SSSR count). The molecule has 0 amide bonds. The molecular formula is C15H8ClNO2S. The van der Waals surface area contributed by atoms with Gasteiger partial charge in [-0.1, -0.05) is 11.6 Å². The molecule has 0 N–H and O–H groups in total. The van der Waals surface area contributed by atoms with Crippen molar-refractivity contribution in [3.63, 3.8) is 0 Å². The highest BCUT2D eigenvalue weighted by Crippen LogP contribution is 2.33. The van der Waals surface area contributed by atoms with Crippen LogP contribution in [-0.2, 0) is 0 Å². The Labute approximate surface area is 123 Å². The third-order valence-corrected chi connectivity index (χ3v) is 4.13. The van der Waals surface area contributed by atoms with Crippen LogP contribution in [0, 0.1) is 0 Å². The molecule has 20 heavy (non-hydrogen) atoms. The molecule has 0 aliphatic heterocycles. The third kappa shape index (κ3) is 1.94. The van der Waals surface area contributed by atoms with Crippen LogP contribution >= 0.6 is 22.9 Å². The molecule has 1 aromatic carbocycles. The molecule has 5 heteroatoms. The van der Waals surface area contributed by atoms with E-state index in [9.17, 15) is 0 Å². The van der Waals surface area contributed by atoms with Gasteiger partial charge in [0.2, 0.25) is 0 Å². The first-order valence-electron chi connectivity index (χ1n) is 5.97. The van der Waals surface area contributed by atoms with Gasteiger partial charge in [-0.15, -0.1) is 11.3 Å². The lowest BCUT2D eigenvalue weighted by molar-refractivity contribution is 0.568. The van der Waals surface area contributed by atoms with E-state index in [-0.39, 0.29) is 0 Å². The summed E-state index contributed by atoms with van der Waals surface area (Å²) in [6.07, 6.45) is 3.32. The zero-order valence-electron chi connectivity index (χ0n) is 10.2. The van der Waals surface area contributed by atoms with E-state index in [0.717, 1.165) is 33.0 Å². The Balaban J connectivity index is 1.79. The summed E-state index contributed by atoms with van der Waals surface area (Å²) in [5.74, 6) is 0.744. The van der Waals surface area contributed by atoms with Crippen LogP contribution in [0.4, 0.5) is 0 Å². The molecule has 4 aromatic rings. The smallest absolute Gasteiger partial charge is 0.154 e. The number of nitrogens with zero attached hydrogens (tertiary/aromatic N) is 1. The molecule has 0 aliphatic carbocycles. The molecule has 0 unspecified atom stereocenters. The highest BCUT2D eigenvalue weighted by atomic mass is 35.5. The molecule has 0 spiro atoms. The predicted molar refractivity (Wildman–Crippen MR) is 80.0 cm³/mol. The van der Waals surface area contributed by atoms with Crippen molar-refractivity contribution in [3.8, 4) is 22.0 Å². The molecule has 3 aromatic heterocycles. The molecule has 0 saturated carbocycles. The number of fused-ring (bicyclic) bond motifs is 1. The standard InChI is InChI=1S/C15H8ClNO2S/c16-11-2-1-9-5-14(19-13(9)6-11)12-8-20-15(17-12)10-3-4-18-7-10/h1-8H. The fourth-order valence-electron chi connectivity index (χ4n) is 2.04. The van der Waals surface area contributed by atoms with E-state index in [1.807, 2.05) is 35.7 Å². The highest BCUT2D eigenvalue weighted by molar-refractivity contribution is 7.13. The van der Waals surface area contributed by atoms with E-state index in [4.69, 9.17) is 20.4 Å². The summed E-state index contributed by atoms with van der Waals surface area (Å²) in [7, 11) is 0. The van der Waals surface area contributed by atoms with Gasteiger partial charge < -0.3 is 8.83 Å². The Morgan fingerprint density at radius 1 is 1.15 bits per heavy atom. The summed E-state index contributed by atoms with van der Waals surface area (Å²) in [5, 5.41) is 4.56. The van der Waals surface area contributed by atoms with Gasteiger partial charge in [0, 0.05) is 27.4 Å². The first-order valence-corrected chi connectivity index (χ1v) is 7.23. The van der Waals surface area contributed by atoms with Crippen molar-refractivity contribution in [1.82, 2.24) is 4.98 Å². The van der Waals surface area contributed by atoms with Crippen molar-refractivity contribution in [2.75, 3.05) is 0 Å². The van der Waals surface area contributed by atoms with Gasteiger partial charge in [-0.2, -0.15) is 0 Å². The summed E-state index contributed by atoms with van der Waals surface area (Å²) in [4.78, 5) is 4.57. The van der Waals surface area contributed by atoms with Crippen LogP contribution in [0.2, 0.25) is 5.02 Å². The van der Waals surface area contributed by atoms with Gasteiger partial charge in [-0.25, -0.2) is 4.98 Å². The second-order valence-corrected chi connectivity index (χ2v) is 5.64. The molecule has 0 radical (unpaired) electrons. The van der Waals surface area contributed by atoms with Crippen LogP contribution in [0.25, 0.3) is 33.0 Å². The Kier molecular flexibility index (Phi) is 2.65. The van der Waals surface area contributed by atoms with Gasteiger partial charge in [0.15, 0.2) is 5.76 Å². The molecule has 0 fully saturated rings. The minimum Gasteiger partial charge on any atom is -0.472 e. The van der Waals surface area contributed by atoms with Crippen LogP contribution in [0.1, 0.15) is 0 Å². The van der Waals surface area contributed by atoms with Gasteiger partial charge in [0.25, 0.3) is 0 Å². The minimum atomic E-state index is 0.663. The fraction of sp³-hybridized carbons (Fsp3) is 0. The molecule has 0 saturated heterocycles. The largest absolute Gasteiger partial charge is 0.472 e. The number of furan rings is 2. The summed E-state index contributed by atoms with van der Waals surface area (Å²) in [6.45, 7) is 0. The molecule has 0 aliphatic rings. The van der Waals surface area contributed by atoms with E-state index in [0.29, 0.717) is 5.02 Å². The first kappa shape index (κ1) is 11.8. The van der Waals surface area contributed by atoms with Gasteiger partial charge in [-0.3, -0.25) is 0 Å². The van der Waals surface area contributed by atoms with E-state index < -0.39 is 0 Å². The molecule has 0 atom stereocenters. The molecular weight excluding hydrogens is 294 g/mol. The van der Waals surface area contributed by atoms with Crippen molar-refractivity contribution in [2.45, 2.75) is 0 Å². The summed E-state index contributed by atoms with van der Waals surface area (Å²) in [6, 6.07) is 9.46. The summed E-state index contributed by atoms with van der Waals surface area (Å²) < 4.78 is 10.9. The quantitative estimate of drug-likeness (QED) is 0.493. The third-order valence-electron chi connectivity index (χ3n) is 3.01. The van der Waals surface area contributed by atoms with Gasteiger partial charge >= 0.3 is 0 Å². The lowest BCUT2D eigenvalue weighted by atomic mass is 10.2. The lowest BCUT2D eigenvalue weighted by Crippen LogP contribution is -1.74. The van der Waals surface area contributed by atoms with Crippen molar-refractivity contribution in [2.24, 2.45) is 0 Å². The van der Waals surface area contributed by atoms with E-state index in [1.54, 1.807) is 23.9 Å². The van der Waals surface area contributed by atoms with Crippen LogP contribution < -0.4 is 0 Å². The van der Waals surface area contributed by atoms with Crippen LogP contribution in [0.15, 0.2) is 57.1 Å². The predicted octanol–water partition coefficient (Wildman–Crippen LogP) is 5.47. The number of hydrogen-bond donors (Lipinski definition) is 0. The van der Waals surface area contributed by atoms with Crippen molar-refractivity contribution >= 4 is 33.9 Å². The normalized spacial score (nSPS) is 11.2. The Morgan fingerprint density at radius 3 is 2.95 bits per heavy atom. The van der Waals surface area contributed by atoms with Crippen molar-refractivity contribution in [3.05, 3.63) is 53.3 Å². The maximum Gasteiger partial charge on any atom is 0.154 e. The number of aromatic nitrogens is 1. The second-order valence-electron chi connectivity index (χ2n) is 4.34. The summed E-state index contributed by atoms with van der Waals surface area (Å²) in [5.41, 5.74) is 2.56. The Hall–Kier alpha value is -2.04. The minimum absolute atomic E-state index is 0.663. The zero-order valence-corrected chi connectivity index (χ0v) is 11.7. The molecule has 3 nitrogen and oxygen atoms in total. The van der Waals surface area contributed by atoms with Gasteiger partial charge in [-0.05, 0) is 24.3 Å². The maximum atomic E-state index is 5.96. The first-order chi connectivity index (χ1) is 9.79. The number of halogens is 1. The van der Waals surface area contributed by atoms with Crippen molar-refractivity contribution < 1.29 is 8.83 Å². The molecule has 0 bridgehead atoms. The zero-order chi connectivity index (χ0) is 13.5. The summed E-state index contributed by atoms with van der Waals surface area (Å²) >= 11 is 7.52. The Morgan fingerprint density at radius 2 is 2.10 bits per heavy atom. The molecule has 3 heterocycles. The van der Waals surface area contributed by atoms with Crippen LogP contribution in [0.3, 0.4) is 0 Å². The SMILES string of the molecule is Clc1ccc2cc(-c3csc(-c4ccoc4)n3)oc2c1. The monoisotopic (exact) mass is 301 g/mol.